The van der Waals surface area contributed by atoms with Crippen molar-refractivity contribution < 1.29 is 17.9 Å². The molecule has 0 radical (unpaired) electrons. The SMILES string of the molecule is COCCCNC(=O)c1ccccc1S(=O)(=O)N1CCCCC1. The van der Waals surface area contributed by atoms with E-state index >= 15 is 0 Å². The van der Waals surface area contributed by atoms with Crippen molar-refractivity contribution in [3.63, 3.8) is 0 Å². The maximum absolute atomic E-state index is 12.8. The van der Waals surface area contributed by atoms with Gasteiger partial charge in [-0.25, -0.2) is 8.42 Å². The number of benzene rings is 1. The number of nitrogens with zero attached hydrogens (tertiary/aromatic N) is 1. The summed E-state index contributed by atoms with van der Waals surface area (Å²) in [7, 11) is -2.03. The van der Waals surface area contributed by atoms with Crippen molar-refractivity contribution in [1.82, 2.24) is 9.62 Å². The molecule has 2 rings (SSSR count). The first kappa shape index (κ1) is 17.9. The number of rotatable bonds is 7. The van der Waals surface area contributed by atoms with Crippen molar-refractivity contribution in [1.29, 1.82) is 0 Å². The molecular weight excluding hydrogens is 316 g/mol. The Balaban J connectivity index is 2.17. The fourth-order valence-corrected chi connectivity index (χ4v) is 4.34. The third kappa shape index (κ3) is 4.53. The number of amides is 1. The second-order valence-corrected chi connectivity index (χ2v) is 7.47. The van der Waals surface area contributed by atoms with Crippen LogP contribution in [0.4, 0.5) is 0 Å². The molecule has 0 aromatic heterocycles. The molecule has 1 aliphatic rings. The van der Waals surface area contributed by atoms with Crippen molar-refractivity contribution >= 4 is 15.9 Å². The summed E-state index contributed by atoms with van der Waals surface area (Å²) >= 11 is 0. The van der Waals surface area contributed by atoms with Gasteiger partial charge in [0.15, 0.2) is 0 Å². The zero-order valence-electron chi connectivity index (χ0n) is 13.5. The summed E-state index contributed by atoms with van der Waals surface area (Å²) in [5.41, 5.74) is 0.204. The minimum atomic E-state index is -3.63. The summed E-state index contributed by atoms with van der Waals surface area (Å²) in [6.07, 6.45) is 3.46. The first-order valence-electron chi connectivity index (χ1n) is 7.93. The lowest BCUT2D eigenvalue weighted by Crippen LogP contribution is -2.37. The Morgan fingerprint density at radius 3 is 2.61 bits per heavy atom. The van der Waals surface area contributed by atoms with E-state index in [0.717, 1.165) is 19.3 Å². The molecule has 0 aliphatic carbocycles. The zero-order valence-corrected chi connectivity index (χ0v) is 14.3. The summed E-state index contributed by atoms with van der Waals surface area (Å²) in [5, 5.41) is 2.75. The number of piperidine rings is 1. The maximum Gasteiger partial charge on any atom is 0.252 e. The standard InChI is InChI=1S/C16H24N2O4S/c1-22-13-7-10-17-16(19)14-8-3-4-9-15(14)23(20,21)18-11-5-2-6-12-18/h3-4,8-9H,2,5-7,10-13H2,1H3,(H,17,19). The van der Waals surface area contributed by atoms with Crippen LogP contribution in [0.15, 0.2) is 29.2 Å². The predicted octanol–water partition coefficient (Wildman–Crippen LogP) is 1.63. The third-order valence-electron chi connectivity index (χ3n) is 3.88. The van der Waals surface area contributed by atoms with Crippen LogP contribution in [0.2, 0.25) is 0 Å². The van der Waals surface area contributed by atoms with Gasteiger partial charge in [-0.2, -0.15) is 4.31 Å². The van der Waals surface area contributed by atoms with Crippen LogP contribution >= 0.6 is 0 Å². The van der Waals surface area contributed by atoms with Crippen LogP contribution in [-0.2, 0) is 14.8 Å². The van der Waals surface area contributed by atoms with E-state index in [9.17, 15) is 13.2 Å². The summed E-state index contributed by atoms with van der Waals surface area (Å²) < 4.78 is 32.0. The summed E-state index contributed by atoms with van der Waals surface area (Å²) in [4.78, 5) is 12.4. The van der Waals surface area contributed by atoms with E-state index in [2.05, 4.69) is 5.32 Å². The number of nitrogens with one attached hydrogen (secondary N) is 1. The van der Waals surface area contributed by atoms with Gasteiger partial charge in [-0.15, -0.1) is 0 Å². The molecule has 1 N–H and O–H groups in total. The van der Waals surface area contributed by atoms with Crippen LogP contribution in [0, 0.1) is 0 Å². The molecule has 128 valence electrons. The first-order chi connectivity index (χ1) is 11.1. The second-order valence-electron chi connectivity index (χ2n) is 5.56. The highest BCUT2D eigenvalue weighted by molar-refractivity contribution is 7.89. The fraction of sp³-hybridized carbons (Fsp3) is 0.562. The molecule has 23 heavy (non-hydrogen) atoms. The van der Waals surface area contributed by atoms with Gasteiger partial charge < -0.3 is 10.1 Å². The molecule has 1 fully saturated rings. The molecule has 1 amide bonds. The Morgan fingerprint density at radius 2 is 1.91 bits per heavy atom. The fourth-order valence-electron chi connectivity index (χ4n) is 2.64. The van der Waals surface area contributed by atoms with Crippen molar-refractivity contribution in [2.24, 2.45) is 0 Å². The van der Waals surface area contributed by atoms with Gasteiger partial charge in [0.25, 0.3) is 5.91 Å². The van der Waals surface area contributed by atoms with E-state index in [1.807, 2.05) is 0 Å². The number of methoxy groups -OCH3 is 1. The first-order valence-corrected chi connectivity index (χ1v) is 9.37. The topological polar surface area (TPSA) is 75.7 Å². The van der Waals surface area contributed by atoms with Gasteiger partial charge in [-0.05, 0) is 31.4 Å². The minimum Gasteiger partial charge on any atom is -0.385 e. The largest absolute Gasteiger partial charge is 0.385 e. The van der Waals surface area contributed by atoms with E-state index in [4.69, 9.17) is 4.74 Å². The summed E-state index contributed by atoms with van der Waals surface area (Å²) in [6, 6.07) is 6.40. The van der Waals surface area contributed by atoms with E-state index in [-0.39, 0.29) is 16.4 Å². The molecule has 0 atom stereocenters. The van der Waals surface area contributed by atoms with Gasteiger partial charge in [-0.3, -0.25) is 4.79 Å². The highest BCUT2D eigenvalue weighted by Crippen LogP contribution is 2.23. The lowest BCUT2D eigenvalue weighted by molar-refractivity contribution is 0.0945. The highest BCUT2D eigenvalue weighted by Gasteiger charge is 2.29. The second kappa shape index (κ2) is 8.42. The molecule has 1 aromatic carbocycles. The van der Waals surface area contributed by atoms with Gasteiger partial charge in [0.1, 0.15) is 0 Å². The number of carbonyl (C=O) groups excluding carboxylic acids is 1. The normalized spacial score (nSPS) is 16.2. The lowest BCUT2D eigenvalue weighted by Gasteiger charge is -2.26. The Hall–Kier alpha value is -1.44. The average Bonchev–Trinajstić information content (AvgIpc) is 2.59. The minimum absolute atomic E-state index is 0.0890. The summed E-state index contributed by atoms with van der Waals surface area (Å²) in [6.45, 7) is 2.04. The molecule has 1 aliphatic heterocycles. The number of hydrogen-bond acceptors (Lipinski definition) is 4. The Morgan fingerprint density at radius 1 is 1.22 bits per heavy atom. The van der Waals surface area contributed by atoms with Gasteiger partial charge in [0.2, 0.25) is 10.0 Å². The van der Waals surface area contributed by atoms with E-state index in [1.54, 1.807) is 25.3 Å². The van der Waals surface area contributed by atoms with Crippen LogP contribution < -0.4 is 5.32 Å². The van der Waals surface area contributed by atoms with Crippen LogP contribution in [-0.4, -0.2) is 52.0 Å². The lowest BCUT2D eigenvalue weighted by atomic mass is 10.2. The highest BCUT2D eigenvalue weighted by atomic mass is 32.2. The molecule has 6 nitrogen and oxygen atoms in total. The van der Waals surface area contributed by atoms with Crippen molar-refractivity contribution in [3.8, 4) is 0 Å². The zero-order chi connectivity index (χ0) is 16.7. The van der Waals surface area contributed by atoms with E-state index in [1.165, 1.54) is 10.4 Å². The molecule has 7 heteroatoms. The average molecular weight is 340 g/mol. The molecule has 0 unspecified atom stereocenters. The van der Waals surface area contributed by atoms with Crippen molar-refractivity contribution in [2.45, 2.75) is 30.6 Å². The Labute approximate surface area is 137 Å². The number of carbonyl (C=O) groups is 1. The molecule has 0 spiro atoms. The summed E-state index contributed by atoms with van der Waals surface area (Å²) in [5.74, 6) is -0.364. The number of hydrogen-bond donors (Lipinski definition) is 1. The number of sulfonamides is 1. The molecule has 0 bridgehead atoms. The monoisotopic (exact) mass is 340 g/mol. The third-order valence-corrected chi connectivity index (χ3v) is 5.83. The maximum atomic E-state index is 12.8. The van der Waals surface area contributed by atoms with E-state index < -0.39 is 10.0 Å². The molecule has 1 saturated heterocycles. The van der Waals surface area contributed by atoms with Crippen LogP contribution in [0.5, 0.6) is 0 Å². The quantitative estimate of drug-likeness (QED) is 0.766. The molecule has 1 aromatic rings. The van der Waals surface area contributed by atoms with Gasteiger partial charge >= 0.3 is 0 Å². The van der Waals surface area contributed by atoms with Gasteiger partial charge in [0, 0.05) is 33.4 Å². The Kier molecular flexibility index (Phi) is 6.56. The van der Waals surface area contributed by atoms with Crippen LogP contribution in [0.25, 0.3) is 0 Å². The van der Waals surface area contributed by atoms with E-state index in [0.29, 0.717) is 32.7 Å². The van der Waals surface area contributed by atoms with Crippen LogP contribution in [0.3, 0.4) is 0 Å². The predicted molar refractivity (Wildman–Crippen MR) is 87.9 cm³/mol. The molecular formula is C16H24N2O4S. The smallest absolute Gasteiger partial charge is 0.252 e. The molecule has 1 heterocycles. The Bertz CT molecular complexity index is 625. The number of ether oxygens (including phenoxy) is 1. The molecule has 0 saturated carbocycles. The van der Waals surface area contributed by atoms with Gasteiger partial charge in [0.05, 0.1) is 10.5 Å². The van der Waals surface area contributed by atoms with Crippen molar-refractivity contribution in [2.75, 3.05) is 33.4 Å². The van der Waals surface area contributed by atoms with Gasteiger partial charge in [-0.1, -0.05) is 18.6 Å². The van der Waals surface area contributed by atoms with Crippen LogP contribution in [0.1, 0.15) is 36.0 Å². The van der Waals surface area contributed by atoms with Crippen molar-refractivity contribution in [3.05, 3.63) is 29.8 Å².